The van der Waals surface area contributed by atoms with Crippen molar-refractivity contribution in [3.63, 3.8) is 0 Å². The molecule has 8 heteroatoms. The summed E-state index contributed by atoms with van der Waals surface area (Å²) >= 11 is 0. The molecule has 0 bridgehead atoms. The van der Waals surface area contributed by atoms with Crippen LogP contribution >= 0.6 is 0 Å². The maximum absolute atomic E-state index is 13.1. The lowest BCUT2D eigenvalue weighted by molar-refractivity contribution is -0.140. The second-order valence-electron chi connectivity index (χ2n) is 7.35. The number of rotatable bonds is 4. The molecule has 2 amide bonds. The third kappa shape index (κ3) is 4.03. The Morgan fingerprint density at radius 3 is 2.58 bits per heavy atom. The quantitative estimate of drug-likeness (QED) is 0.612. The van der Waals surface area contributed by atoms with Crippen LogP contribution in [-0.2, 0) is 9.59 Å². The van der Waals surface area contributed by atoms with E-state index in [1.165, 1.54) is 12.1 Å². The van der Waals surface area contributed by atoms with Crippen molar-refractivity contribution in [2.75, 3.05) is 6.54 Å². The minimum Gasteiger partial charge on any atom is -0.352 e. The lowest BCUT2D eigenvalue weighted by atomic mass is 10.0. The molecule has 142 valence electrons. The smallest absolute Gasteiger partial charge is 0.243 e. The van der Waals surface area contributed by atoms with Crippen LogP contribution in [0.15, 0.2) is 24.3 Å². The Morgan fingerprint density at radius 2 is 1.92 bits per heavy atom. The summed E-state index contributed by atoms with van der Waals surface area (Å²) < 4.78 is 13.1. The van der Waals surface area contributed by atoms with Gasteiger partial charge in [-0.05, 0) is 44.4 Å². The van der Waals surface area contributed by atoms with Crippen LogP contribution < -0.4 is 21.9 Å². The molecule has 3 rings (SSSR count). The first-order valence-corrected chi connectivity index (χ1v) is 8.98. The van der Waals surface area contributed by atoms with E-state index in [0.717, 1.165) is 5.56 Å². The molecule has 2 unspecified atom stereocenters. The fourth-order valence-electron chi connectivity index (χ4n) is 3.57. The molecular weight excluding hydrogens is 337 g/mol. The van der Waals surface area contributed by atoms with Crippen LogP contribution in [0.25, 0.3) is 0 Å². The first kappa shape index (κ1) is 18.8. The van der Waals surface area contributed by atoms with E-state index in [2.05, 4.69) is 16.2 Å². The van der Waals surface area contributed by atoms with Gasteiger partial charge >= 0.3 is 0 Å². The fourth-order valence-corrected chi connectivity index (χ4v) is 3.57. The van der Waals surface area contributed by atoms with Gasteiger partial charge in [0.05, 0.1) is 0 Å². The minimum atomic E-state index is -0.536. The van der Waals surface area contributed by atoms with Gasteiger partial charge in [0.25, 0.3) is 0 Å². The predicted molar refractivity (Wildman–Crippen MR) is 95.2 cm³/mol. The average molecular weight is 363 g/mol. The van der Waals surface area contributed by atoms with E-state index in [9.17, 15) is 14.0 Å². The fraction of sp³-hybridized carbons (Fsp3) is 0.556. The number of halogens is 1. The topological polar surface area (TPSA) is 99.5 Å². The highest BCUT2D eigenvalue weighted by Gasteiger charge is 2.42. The van der Waals surface area contributed by atoms with Crippen molar-refractivity contribution in [2.45, 2.75) is 56.9 Å². The van der Waals surface area contributed by atoms with E-state index in [-0.39, 0.29) is 35.8 Å². The molecule has 1 aromatic carbocycles. The van der Waals surface area contributed by atoms with E-state index in [1.807, 2.05) is 13.8 Å². The number of carbonyl (C=O) groups excluding carboxylic acids is 2. The van der Waals surface area contributed by atoms with Crippen molar-refractivity contribution in [1.29, 1.82) is 0 Å². The molecule has 0 saturated carbocycles. The van der Waals surface area contributed by atoms with Crippen LogP contribution in [0.5, 0.6) is 0 Å². The van der Waals surface area contributed by atoms with Crippen LogP contribution in [0.3, 0.4) is 0 Å². The lowest BCUT2D eigenvalue weighted by Crippen LogP contribution is -2.52. The summed E-state index contributed by atoms with van der Waals surface area (Å²) in [4.78, 5) is 26.9. The van der Waals surface area contributed by atoms with Crippen LogP contribution in [0.4, 0.5) is 4.39 Å². The van der Waals surface area contributed by atoms with Gasteiger partial charge in [-0.25, -0.2) is 15.2 Å². The summed E-state index contributed by atoms with van der Waals surface area (Å²) in [5.41, 5.74) is 13.0. The highest BCUT2D eigenvalue weighted by Crippen LogP contribution is 2.26. The van der Waals surface area contributed by atoms with Crippen LogP contribution in [-0.4, -0.2) is 47.4 Å². The van der Waals surface area contributed by atoms with Gasteiger partial charge in [-0.15, -0.1) is 0 Å². The molecule has 2 heterocycles. The number of likely N-dealkylation sites (tertiary alicyclic amines) is 1. The Labute approximate surface area is 152 Å². The number of nitrogens with one attached hydrogen (secondary N) is 3. The van der Waals surface area contributed by atoms with Gasteiger partial charge in [-0.3, -0.25) is 9.59 Å². The average Bonchev–Trinajstić information content (AvgIpc) is 3.21. The van der Waals surface area contributed by atoms with Gasteiger partial charge < -0.3 is 16.0 Å². The van der Waals surface area contributed by atoms with Gasteiger partial charge in [0.2, 0.25) is 11.8 Å². The Morgan fingerprint density at radius 1 is 1.23 bits per heavy atom. The first-order chi connectivity index (χ1) is 12.3. The number of amides is 2. The largest absolute Gasteiger partial charge is 0.352 e. The summed E-state index contributed by atoms with van der Waals surface area (Å²) in [6, 6.07) is 4.92. The normalized spacial score (nSPS) is 28.6. The van der Waals surface area contributed by atoms with Crippen LogP contribution in [0.2, 0.25) is 0 Å². The zero-order valence-electron chi connectivity index (χ0n) is 15.0. The summed E-state index contributed by atoms with van der Waals surface area (Å²) in [6.45, 7) is 4.14. The van der Waals surface area contributed by atoms with Gasteiger partial charge in [0.15, 0.2) is 0 Å². The van der Waals surface area contributed by atoms with E-state index in [4.69, 9.17) is 5.73 Å². The molecule has 4 atom stereocenters. The molecule has 0 aliphatic carbocycles. The molecule has 2 fully saturated rings. The molecule has 0 aromatic heterocycles. The van der Waals surface area contributed by atoms with Gasteiger partial charge in [-0.2, -0.15) is 0 Å². The molecular formula is C18H26FN5O2. The van der Waals surface area contributed by atoms with Crippen molar-refractivity contribution in [3.05, 3.63) is 35.6 Å². The monoisotopic (exact) mass is 363 g/mol. The third-order valence-electron chi connectivity index (χ3n) is 4.82. The number of hydrazine groups is 1. The second kappa shape index (κ2) is 7.69. The maximum Gasteiger partial charge on any atom is 0.243 e. The summed E-state index contributed by atoms with van der Waals surface area (Å²) in [5.74, 6) is -0.598. The number of hydrogen-bond donors (Lipinski definition) is 4. The molecule has 1 aromatic rings. The van der Waals surface area contributed by atoms with Gasteiger partial charge in [0.1, 0.15) is 17.9 Å². The highest BCUT2D eigenvalue weighted by molar-refractivity contribution is 5.90. The van der Waals surface area contributed by atoms with Crippen molar-refractivity contribution in [1.82, 2.24) is 21.1 Å². The number of nitrogens with two attached hydrogens (primary N) is 1. The van der Waals surface area contributed by atoms with E-state index >= 15 is 0 Å². The van der Waals surface area contributed by atoms with Crippen molar-refractivity contribution < 1.29 is 14.0 Å². The summed E-state index contributed by atoms with van der Waals surface area (Å²) in [6.07, 6.45) is 0.987. The number of hydrogen-bond acceptors (Lipinski definition) is 5. The first-order valence-electron chi connectivity index (χ1n) is 8.98. The summed E-state index contributed by atoms with van der Waals surface area (Å²) in [5, 5.41) is 2.86. The zero-order chi connectivity index (χ0) is 18.8. The Hall–Kier alpha value is -2.03. The predicted octanol–water partition coefficient (Wildman–Crippen LogP) is 0.186. The lowest BCUT2D eigenvalue weighted by Gasteiger charge is -2.27. The molecule has 2 saturated heterocycles. The molecule has 7 nitrogen and oxygen atoms in total. The Kier molecular flexibility index (Phi) is 5.55. The standard InChI is InChI=1S/C18H26FN5O2/c1-10(2)21-17(25)16-7-13(20)9-24(16)18(26)15-8-14(22-23-15)11-3-5-12(19)6-4-11/h3-6,10,13-16,22-23H,7-9,20H2,1-2H3,(H,21,25)/t13-,14?,15?,16+/m1/s1. The minimum absolute atomic E-state index is 0.00500. The zero-order valence-corrected chi connectivity index (χ0v) is 15.0. The highest BCUT2D eigenvalue weighted by atomic mass is 19.1. The van der Waals surface area contributed by atoms with Crippen LogP contribution in [0, 0.1) is 5.82 Å². The van der Waals surface area contributed by atoms with Gasteiger partial charge in [0, 0.05) is 24.7 Å². The molecule has 26 heavy (non-hydrogen) atoms. The van der Waals surface area contributed by atoms with Crippen LogP contribution in [0.1, 0.15) is 38.3 Å². The maximum atomic E-state index is 13.1. The second-order valence-corrected chi connectivity index (χ2v) is 7.35. The van der Waals surface area contributed by atoms with Gasteiger partial charge in [-0.1, -0.05) is 12.1 Å². The molecule has 2 aliphatic rings. The van der Waals surface area contributed by atoms with Crippen molar-refractivity contribution >= 4 is 11.8 Å². The van der Waals surface area contributed by atoms with Crippen molar-refractivity contribution in [2.24, 2.45) is 5.73 Å². The Balaban J connectivity index is 1.66. The molecule has 5 N–H and O–H groups in total. The summed E-state index contributed by atoms with van der Waals surface area (Å²) in [7, 11) is 0. The number of benzene rings is 1. The number of nitrogens with zero attached hydrogens (tertiary/aromatic N) is 1. The number of carbonyl (C=O) groups is 2. The van der Waals surface area contributed by atoms with Crippen molar-refractivity contribution in [3.8, 4) is 0 Å². The third-order valence-corrected chi connectivity index (χ3v) is 4.82. The molecule has 0 radical (unpaired) electrons. The van der Waals surface area contributed by atoms with E-state index in [1.54, 1.807) is 17.0 Å². The molecule has 2 aliphatic heterocycles. The van der Waals surface area contributed by atoms with E-state index in [0.29, 0.717) is 19.4 Å². The Bertz CT molecular complexity index is 666. The molecule has 0 spiro atoms. The van der Waals surface area contributed by atoms with E-state index < -0.39 is 12.1 Å². The SMILES string of the molecule is CC(C)NC(=O)[C@@H]1C[C@@H](N)CN1C(=O)C1CC(c2ccc(F)cc2)NN1.